The molecule has 0 saturated carbocycles. The number of carbonyl (C=O) groups is 2. The highest BCUT2D eigenvalue weighted by atomic mass is 32.5. The van der Waals surface area contributed by atoms with Crippen molar-refractivity contribution in [1.82, 2.24) is 39.5 Å². The van der Waals surface area contributed by atoms with Crippen LogP contribution in [0, 0.1) is 0 Å². The van der Waals surface area contributed by atoms with Crippen molar-refractivity contribution in [3.05, 3.63) is 86.9 Å². The Labute approximate surface area is 496 Å². The molecule has 2 aromatic heterocycles. The van der Waals surface area contributed by atoms with Gasteiger partial charge in [-0.15, -0.1) is 0 Å². The molecule has 3 aromatic carbocycles. The lowest BCUT2D eigenvalue weighted by molar-refractivity contribution is -0.121. The fraction of sp³-hybridized carbons (Fsp3) is 0.480. The summed E-state index contributed by atoms with van der Waals surface area (Å²) in [7, 11) is -20.6. The molecule has 0 spiro atoms. The summed E-state index contributed by atoms with van der Waals surface area (Å²) in [5.41, 5.74) is 13.3. The zero-order valence-electron chi connectivity index (χ0n) is 45.7. The van der Waals surface area contributed by atoms with Crippen LogP contribution in [0.4, 0.5) is 16.3 Å². The third-order valence-corrected chi connectivity index (χ3v) is 22.4. The van der Waals surface area contributed by atoms with Gasteiger partial charge in [0.1, 0.15) is 48.6 Å². The molecule has 0 bridgehead atoms. The molecule has 11 rings (SSSR count). The summed E-state index contributed by atoms with van der Waals surface area (Å²) >= 11 is 4.09. The van der Waals surface area contributed by atoms with E-state index in [-0.39, 0.29) is 59.9 Å². The first-order chi connectivity index (χ1) is 40.8. The van der Waals surface area contributed by atoms with Crippen LogP contribution in [0.3, 0.4) is 0 Å². The van der Waals surface area contributed by atoms with E-state index in [0.717, 1.165) is 123 Å². The van der Waals surface area contributed by atoms with Crippen LogP contribution in [-0.2, 0) is 94.2 Å². The maximum Gasteiger partial charge on any atom is 0.488 e. The van der Waals surface area contributed by atoms with Gasteiger partial charge in [-0.2, -0.15) is 12.7 Å². The summed E-state index contributed by atoms with van der Waals surface area (Å²) in [6.07, 6.45) is 2.46. The number of aryl methyl sites for hydroxylation is 2. The van der Waals surface area contributed by atoms with Gasteiger partial charge >= 0.3 is 28.5 Å². The van der Waals surface area contributed by atoms with Crippen LogP contribution >= 0.6 is 22.4 Å². The first kappa shape index (κ1) is 62.2. The Morgan fingerprint density at radius 2 is 1.57 bits per heavy atom. The molecule has 6 aliphatic heterocycles. The van der Waals surface area contributed by atoms with E-state index < -0.39 is 90.5 Å². The predicted octanol–water partition coefficient (Wildman–Crippen LogP) is 1.56. The zero-order chi connectivity index (χ0) is 61.1. The standard InChI is InChI=1S/C50H61N10O20P3S3/c51-47-40-48(55-26-54-47)60(27-56-40)49-46(43(62)36(76-49)25-75-81(64,65)79-82(66,67)80-83(68,69)84)78-50(63)53-17-16-52-38(61)12-2-1-3-15-57-85(70,71)37-24-30(86(72,73)74)13-14-31(37)39-34-22-28-8-4-18-58-20-6-10-32(41(28)58)44(34)77-45-33-11-7-21-59-19-5-9-29(42(33)59)23-35(39)45/h13-14,22-24,26-27,36,43,46,49,57,62H,1-12,15-21,25H2,(H8-,51,52,53,54,55,61,63,64,65,66,67,68,69,72,73,74,84)/p+1/t36-,43-,46-,49-/m1/s1. The van der Waals surface area contributed by atoms with Crippen LogP contribution in [0.1, 0.15) is 91.0 Å². The molecular weight excluding hydrogens is 1250 g/mol. The quantitative estimate of drug-likeness (QED) is 0.0199. The summed E-state index contributed by atoms with van der Waals surface area (Å²) in [5, 5.41) is 18.2. The van der Waals surface area contributed by atoms with Gasteiger partial charge in [0.25, 0.3) is 10.1 Å². The number of hydrogen-bond acceptors (Lipinski definition) is 21. The Morgan fingerprint density at radius 3 is 2.34 bits per heavy atom. The lowest BCUT2D eigenvalue weighted by Gasteiger charge is -2.39. The topological polar surface area (TPSA) is 425 Å². The third-order valence-electron chi connectivity index (χ3n) is 15.6. The number of aromatic nitrogens is 4. The summed E-state index contributed by atoms with van der Waals surface area (Å²) in [5.74, 6) is 0.903. The summed E-state index contributed by atoms with van der Waals surface area (Å²) in [6.45, 7) is -2.60. The number of nitrogens with zero attached hydrogens (tertiary/aromatic N) is 6. The number of amides is 2. The number of benzene rings is 3. The minimum atomic E-state index is -5.68. The molecule has 30 nitrogen and oxygen atoms in total. The number of aliphatic hydroxyl groups is 1. The number of phosphoric ester groups is 1. The second kappa shape index (κ2) is 24.5. The molecule has 6 aliphatic rings. The number of ether oxygens (including phenoxy) is 3. The van der Waals surface area contributed by atoms with E-state index in [1.807, 2.05) is 0 Å². The first-order valence-electron chi connectivity index (χ1n) is 27.6. The van der Waals surface area contributed by atoms with Crippen LogP contribution in [0.25, 0.3) is 16.7 Å². The summed E-state index contributed by atoms with van der Waals surface area (Å²) in [4.78, 5) is 77.8. The van der Waals surface area contributed by atoms with E-state index in [4.69, 9.17) is 24.5 Å². The molecule has 464 valence electrons. The summed E-state index contributed by atoms with van der Waals surface area (Å²) in [6, 6.07) is 7.90. The zero-order valence-corrected chi connectivity index (χ0v) is 50.9. The van der Waals surface area contributed by atoms with Gasteiger partial charge in [0.15, 0.2) is 23.8 Å². The second-order valence-electron chi connectivity index (χ2n) is 21.4. The van der Waals surface area contributed by atoms with E-state index >= 15 is 0 Å². The Hall–Kier alpha value is -5.41. The predicted molar refractivity (Wildman–Crippen MR) is 308 cm³/mol. The van der Waals surface area contributed by atoms with Gasteiger partial charge in [0, 0.05) is 90.7 Å². The molecule has 0 aliphatic carbocycles. The number of nitrogen functional groups attached to an aromatic ring is 1. The minimum absolute atomic E-state index is 0.0151. The van der Waals surface area contributed by atoms with Gasteiger partial charge in [-0.3, -0.25) is 18.4 Å². The average Bonchev–Trinajstić information content (AvgIpc) is 1.73. The van der Waals surface area contributed by atoms with Crippen molar-refractivity contribution in [1.29, 1.82) is 0 Å². The number of rotatable bonds is 22. The van der Waals surface area contributed by atoms with Crippen molar-refractivity contribution in [2.24, 2.45) is 0 Å². The molecule has 5 aromatic rings. The molecule has 86 heavy (non-hydrogen) atoms. The van der Waals surface area contributed by atoms with Crippen molar-refractivity contribution in [3.63, 3.8) is 0 Å². The molecule has 1 saturated heterocycles. The van der Waals surface area contributed by atoms with Crippen LogP contribution in [0.5, 0.6) is 11.5 Å². The molecule has 36 heteroatoms. The normalized spacial score (nSPS) is 21.3. The van der Waals surface area contributed by atoms with Gasteiger partial charge in [0.2, 0.25) is 21.3 Å². The SMILES string of the molecule is Nc1ncnc2c1ncn2[C@@H]1O[C@H](COP(=O)(O)OP(=O)(O)OP(O)(O)=S)[C@@H](O)[C@H]1OC(=O)NCCNC(=O)CCCCCNS(=O)(=O)c1cc(S(=O)(=O)O)ccc1C1=c2cc3c4c(c2Oc2c1cc1c5c2CCCN5CCC1)CCC[N+]=4CCC3. The highest BCUT2D eigenvalue weighted by Crippen LogP contribution is 2.66. The molecule has 8 heterocycles. The monoisotopic (exact) mass is 1310 g/mol. The molecule has 6 atom stereocenters. The highest BCUT2D eigenvalue weighted by molar-refractivity contribution is 8.08. The Balaban J connectivity index is 0.723. The largest absolute Gasteiger partial charge is 0.488 e. The van der Waals surface area contributed by atoms with Gasteiger partial charge < -0.3 is 60.2 Å². The van der Waals surface area contributed by atoms with Gasteiger partial charge in [-0.1, -0.05) is 12.5 Å². The van der Waals surface area contributed by atoms with Crippen molar-refractivity contribution in [2.75, 3.05) is 63.1 Å². The number of nitrogens with two attached hydrogens (primary N) is 1. The van der Waals surface area contributed by atoms with Crippen LogP contribution in [0.15, 0.2) is 52.8 Å². The fourth-order valence-electron chi connectivity index (χ4n) is 12.1. The number of alkyl carbamates (subject to hydrolysis) is 1. The number of nitrogens with one attached hydrogen (secondary N) is 3. The Kier molecular flexibility index (Phi) is 17.7. The highest BCUT2D eigenvalue weighted by Gasteiger charge is 2.50. The van der Waals surface area contributed by atoms with Crippen LogP contribution in [0.2, 0.25) is 0 Å². The maximum absolute atomic E-state index is 14.7. The first-order valence-corrected chi connectivity index (χ1v) is 36.1. The molecule has 2 unspecified atom stereocenters. The smallest absolute Gasteiger partial charge is 0.455 e. The van der Waals surface area contributed by atoms with Crippen molar-refractivity contribution < 1.29 is 92.1 Å². The molecule has 1 fully saturated rings. The van der Waals surface area contributed by atoms with Crippen molar-refractivity contribution >= 4 is 94.6 Å². The number of hydrogen-bond donors (Lipinski definition) is 10. The maximum atomic E-state index is 14.7. The molecule has 2 amide bonds. The lowest BCUT2D eigenvalue weighted by atomic mass is 9.82. The van der Waals surface area contributed by atoms with Gasteiger partial charge in [-0.05, 0) is 93.0 Å². The number of phosphoric acid groups is 2. The lowest BCUT2D eigenvalue weighted by Crippen LogP contribution is -2.45. The van der Waals surface area contributed by atoms with E-state index in [1.165, 1.54) is 34.1 Å². The number of aliphatic hydroxyl groups excluding tert-OH is 1. The van der Waals surface area contributed by atoms with Crippen LogP contribution in [-0.4, -0.2) is 148 Å². The van der Waals surface area contributed by atoms with Crippen molar-refractivity contribution in [2.45, 2.75) is 111 Å². The van der Waals surface area contributed by atoms with Gasteiger partial charge in [-0.25, -0.2) is 50.9 Å². The Bertz CT molecular complexity index is 4090. The van der Waals surface area contributed by atoms with E-state index in [2.05, 4.69) is 72.3 Å². The average molecular weight is 1310 g/mol. The number of fused-ring (bicyclic) bond motifs is 5. The number of carbonyl (C=O) groups excluding carboxylic acids is 2. The number of imidazole rings is 1. The minimum Gasteiger partial charge on any atom is -0.455 e. The molecule has 0 radical (unpaired) electrons. The molecule has 11 N–H and O–H groups in total. The van der Waals surface area contributed by atoms with E-state index in [0.29, 0.717) is 29.9 Å². The number of sulfonamides is 1. The second-order valence-corrected chi connectivity index (χ2v) is 30.4. The molecular formula is C50H62N10O20P3S3+. The van der Waals surface area contributed by atoms with E-state index in [1.54, 1.807) is 0 Å². The number of unbranched alkanes of at least 4 members (excludes halogenated alkanes) is 2. The number of anilines is 2. The third kappa shape index (κ3) is 13.2. The van der Waals surface area contributed by atoms with Crippen LogP contribution < -0.4 is 45.9 Å². The summed E-state index contributed by atoms with van der Waals surface area (Å²) < 4.78 is 127. The van der Waals surface area contributed by atoms with E-state index in [9.17, 15) is 64.8 Å². The van der Waals surface area contributed by atoms with Gasteiger partial charge in [0.05, 0.1) is 28.3 Å². The van der Waals surface area contributed by atoms with Crippen molar-refractivity contribution in [3.8, 4) is 11.5 Å². The fourth-order valence-corrected chi connectivity index (χ4v) is 17.8. The Morgan fingerprint density at radius 1 is 0.837 bits per heavy atom.